The Morgan fingerprint density at radius 2 is 2.00 bits per heavy atom. The minimum Gasteiger partial charge on any atom is -0.480 e. The summed E-state index contributed by atoms with van der Waals surface area (Å²) in [5.74, 6) is -0.540. The Kier molecular flexibility index (Phi) is 3.54. The fourth-order valence-corrected chi connectivity index (χ4v) is 1.07. The van der Waals surface area contributed by atoms with Gasteiger partial charge in [0.05, 0.1) is 11.4 Å². The molecule has 0 fully saturated rings. The molecule has 6 nitrogen and oxygen atoms in total. The van der Waals surface area contributed by atoms with Crippen molar-refractivity contribution in [3.8, 4) is 0 Å². The van der Waals surface area contributed by atoms with Crippen molar-refractivity contribution >= 4 is 11.9 Å². The lowest BCUT2D eigenvalue weighted by molar-refractivity contribution is -0.135. The van der Waals surface area contributed by atoms with Crippen LogP contribution in [0.2, 0.25) is 0 Å². The van der Waals surface area contributed by atoms with Crippen molar-refractivity contribution in [3.63, 3.8) is 0 Å². The Morgan fingerprint density at radius 1 is 1.33 bits per heavy atom. The zero-order valence-corrected chi connectivity index (χ0v) is 9.06. The van der Waals surface area contributed by atoms with Crippen LogP contribution in [0.5, 0.6) is 0 Å². The first-order chi connectivity index (χ1) is 7.04. The summed E-state index contributed by atoms with van der Waals surface area (Å²) in [5.41, 5.74) is 1.52. The van der Waals surface area contributed by atoms with E-state index in [9.17, 15) is 4.79 Å². The highest BCUT2D eigenvalue weighted by atomic mass is 16.4. The highest BCUT2D eigenvalue weighted by Crippen LogP contribution is 2.07. The first kappa shape index (κ1) is 11.4. The number of aryl methyl sites for hydroxylation is 2. The van der Waals surface area contributed by atoms with Gasteiger partial charge in [-0.1, -0.05) is 0 Å². The molecule has 6 heteroatoms. The van der Waals surface area contributed by atoms with Crippen LogP contribution in [-0.4, -0.2) is 39.3 Å². The molecule has 0 atom stereocenters. The third-order valence-electron chi connectivity index (χ3n) is 2.07. The largest absolute Gasteiger partial charge is 0.480 e. The van der Waals surface area contributed by atoms with E-state index >= 15 is 0 Å². The molecule has 0 radical (unpaired) electrons. The molecule has 0 saturated heterocycles. The number of carboxylic acids is 1. The molecule has 0 aliphatic rings. The summed E-state index contributed by atoms with van der Waals surface area (Å²) in [4.78, 5) is 16.3. The van der Waals surface area contributed by atoms with Crippen molar-refractivity contribution in [1.29, 1.82) is 0 Å². The monoisotopic (exact) mass is 210 g/mol. The number of aromatic nitrogens is 3. The van der Waals surface area contributed by atoms with Gasteiger partial charge in [-0.25, -0.2) is 4.98 Å². The minimum absolute atomic E-state index is 0.110. The van der Waals surface area contributed by atoms with Crippen LogP contribution in [0, 0.1) is 13.8 Å². The van der Waals surface area contributed by atoms with Gasteiger partial charge >= 0.3 is 5.97 Å². The van der Waals surface area contributed by atoms with Crippen LogP contribution in [0.1, 0.15) is 18.3 Å². The fourth-order valence-electron chi connectivity index (χ4n) is 1.07. The molecule has 0 unspecified atom stereocenters. The van der Waals surface area contributed by atoms with Crippen LogP contribution in [0.15, 0.2) is 0 Å². The first-order valence-electron chi connectivity index (χ1n) is 4.69. The summed E-state index contributed by atoms with van der Waals surface area (Å²) in [7, 11) is 0. The summed E-state index contributed by atoms with van der Waals surface area (Å²) in [6, 6.07) is 0. The summed E-state index contributed by atoms with van der Waals surface area (Å²) < 4.78 is 0. The molecule has 0 aromatic carbocycles. The normalized spacial score (nSPS) is 10.1. The van der Waals surface area contributed by atoms with Gasteiger partial charge in [0.15, 0.2) is 0 Å². The van der Waals surface area contributed by atoms with Crippen LogP contribution in [-0.2, 0) is 4.79 Å². The summed E-state index contributed by atoms with van der Waals surface area (Å²) in [6.07, 6.45) is 0. The van der Waals surface area contributed by atoms with Gasteiger partial charge in [0.2, 0.25) is 5.95 Å². The number of carboxylic acid groups (broad SMARTS) is 1. The van der Waals surface area contributed by atoms with E-state index in [1.165, 1.54) is 0 Å². The Morgan fingerprint density at radius 3 is 2.47 bits per heavy atom. The zero-order valence-electron chi connectivity index (χ0n) is 9.06. The summed E-state index contributed by atoms with van der Waals surface area (Å²) in [5, 5.41) is 16.5. The lowest BCUT2D eigenvalue weighted by Crippen LogP contribution is -2.31. The number of hydrogen-bond donors (Lipinski definition) is 1. The molecule has 1 N–H and O–H groups in total. The van der Waals surface area contributed by atoms with Crippen molar-refractivity contribution in [2.24, 2.45) is 0 Å². The predicted octanol–water partition coefficient (Wildman–Crippen LogP) is 0.399. The number of rotatable bonds is 4. The van der Waals surface area contributed by atoms with Gasteiger partial charge in [0.25, 0.3) is 0 Å². The molecule has 82 valence electrons. The first-order valence-corrected chi connectivity index (χ1v) is 4.69. The highest BCUT2D eigenvalue weighted by molar-refractivity contribution is 5.72. The number of carbonyl (C=O) groups is 1. The Labute approximate surface area is 88.0 Å². The van der Waals surface area contributed by atoms with E-state index < -0.39 is 5.97 Å². The Balaban J connectivity index is 2.92. The van der Waals surface area contributed by atoms with Crippen molar-refractivity contribution in [2.45, 2.75) is 20.8 Å². The number of aliphatic carboxylic acids is 1. The van der Waals surface area contributed by atoms with E-state index in [1.807, 2.05) is 20.8 Å². The fraction of sp³-hybridized carbons (Fsp3) is 0.556. The second-order valence-corrected chi connectivity index (χ2v) is 3.19. The molecular formula is C9H14N4O2. The maximum atomic E-state index is 10.6. The van der Waals surface area contributed by atoms with Crippen LogP contribution in [0.4, 0.5) is 5.95 Å². The summed E-state index contributed by atoms with van der Waals surface area (Å²) >= 11 is 0. The number of likely N-dealkylation sites (N-methyl/N-ethyl adjacent to an activating group) is 1. The number of anilines is 1. The number of hydrogen-bond acceptors (Lipinski definition) is 5. The van der Waals surface area contributed by atoms with Gasteiger partial charge < -0.3 is 10.0 Å². The van der Waals surface area contributed by atoms with Crippen LogP contribution in [0.25, 0.3) is 0 Å². The maximum Gasteiger partial charge on any atom is 0.323 e. The average Bonchev–Trinajstić information content (AvgIpc) is 2.18. The van der Waals surface area contributed by atoms with Crippen LogP contribution >= 0.6 is 0 Å². The molecule has 1 heterocycles. The van der Waals surface area contributed by atoms with E-state index in [-0.39, 0.29) is 6.54 Å². The van der Waals surface area contributed by atoms with Crippen molar-refractivity contribution in [2.75, 3.05) is 18.0 Å². The van der Waals surface area contributed by atoms with E-state index in [1.54, 1.807) is 4.90 Å². The second kappa shape index (κ2) is 4.68. The van der Waals surface area contributed by atoms with Gasteiger partial charge in [-0.3, -0.25) is 4.79 Å². The van der Waals surface area contributed by atoms with Crippen molar-refractivity contribution < 1.29 is 9.90 Å². The SMILES string of the molecule is CCN(CC(=O)O)c1nnc(C)c(C)n1. The minimum atomic E-state index is -0.904. The molecule has 0 saturated carbocycles. The standard InChI is InChI=1S/C9H14N4O2/c1-4-13(5-8(14)15)9-10-6(2)7(3)11-12-9/h4-5H2,1-3H3,(H,14,15). The van der Waals surface area contributed by atoms with Gasteiger partial charge in [0.1, 0.15) is 6.54 Å². The van der Waals surface area contributed by atoms with Crippen LogP contribution in [0.3, 0.4) is 0 Å². The Bertz CT molecular complexity index is 367. The molecular weight excluding hydrogens is 196 g/mol. The second-order valence-electron chi connectivity index (χ2n) is 3.19. The third-order valence-corrected chi connectivity index (χ3v) is 2.07. The van der Waals surface area contributed by atoms with Crippen molar-refractivity contribution in [1.82, 2.24) is 15.2 Å². The van der Waals surface area contributed by atoms with Gasteiger partial charge in [-0.15, -0.1) is 5.10 Å². The van der Waals surface area contributed by atoms with Gasteiger partial charge in [0, 0.05) is 6.54 Å². The van der Waals surface area contributed by atoms with E-state index in [4.69, 9.17) is 5.11 Å². The molecule has 1 aromatic rings. The quantitative estimate of drug-likeness (QED) is 0.774. The molecule has 0 aliphatic carbocycles. The van der Waals surface area contributed by atoms with Gasteiger partial charge in [-0.05, 0) is 20.8 Å². The maximum absolute atomic E-state index is 10.6. The third kappa shape index (κ3) is 2.87. The molecule has 1 rings (SSSR count). The zero-order chi connectivity index (χ0) is 11.4. The van der Waals surface area contributed by atoms with E-state index in [0.717, 1.165) is 11.4 Å². The topological polar surface area (TPSA) is 79.2 Å². The average molecular weight is 210 g/mol. The predicted molar refractivity (Wildman–Crippen MR) is 54.8 cm³/mol. The molecule has 15 heavy (non-hydrogen) atoms. The van der Waals surface area contributed by atoms with Crippen molar-refractivity contribution in [3.05, 3.63) is 11.4 Å². The van der Waals surface area contributed by atoms with Gasteiger partial charge in [-0.2, -0.15) is 5.10 Å². The van der Waals surface area contributed by atoms with E-state index in [0.29, 0.717) is 12.5 Å². The molecule has 0 amide bonds. The molecule has 0 aliphatic heterocycles. The molecule has 0 spiro atoms. The van der Waals surface area contributed by atoms with E-state index in [2.05, 4.69) is 15.2 Å². The number of nitrogens with zero attached hydrogens (tertiary/aromatic N) is 4. The summed E-state index contributed by atoms with van der Waals surface area (Å²) in [6.45, 7) is 5.91. The Hall–Kier alpha value is -1.72. The lowest BCUT2D eigenvalue weighted by atomic mass is 10.4. The smallest absolute Gasteiger partial charge is 0.323 e. The molecule has 0 bridgehead atoms. The van der Waals surface area contributed by atoms with Crippen LogP contribution < -0.4 is 4.90 Å². The lowest BCUT2D eigenvalue weighted by Gasteiger charge is -2.17. The highest BCUT2D eigenvalue weighted by Gasteiger charge is 2.12. The molecule has 1 aromatic heterocycles.